The predicted octanol–water partition coefficient (Wildman–Crippen LogP) is 3.73. The summed E-state index contributed by atoms with van der Waals surface area (Å²) in [5.74, 6) is -0.0675. The number of nitrogens with one attached hydrogen (secondary N) is 2. The van der Waals surface area contributed by atoms with E-state index in [1.54, 1.807) is 12.1 Å². The number of phenolic OH excluding ortho intramolecular Hbond substituents is 1. The van der Waals surface area contributed by atoms with Gasteiger partial charge in [0, 0.05) is 3.57 Å². The van der Waals surface area contributed by atoms with E-state index in [4.69, 9.17) is 0 Å². The molecular weight excluding hydrogens is 496 g/mol. The van der Waals surface area contributed by atoms with E-state index < -0.39 is 5.91 Å². The third-order valence-electron chi connectivity index (χ3n) is 2.89. The zero-order chi connectivity index (χ0) is 15.0. The van der Waals surface area contributed by atoms with Crippen molar-refractivity contribution in [2.75, 3.05) is 5.32 Å². The quantitative estimate of drug-likeness (QED) is 0.465. The van der Waals surface area contributed by atoms with Crippen LogP contribution in [0.1, 0.15) is 10.4 Å². The van der Waals surface area contributed by atoms with Gasteiger partial charge in [-0.25, -0.2) is 4.98 Å². The monoisotopic (exact) mass is 505 g/mol. The normalized spacial score (nSPS) is 10.8. The number of aromatic nitrogens is 2. The van der Waals surface area contributed by atoms with Crippen LogP contribution < -0.4 is 5.32 Å². The van der Waals surface area contributed by atoms with Crippen LogP contribution in [0.4, 0.5) is 5.95 Å². The maximum atomic E-state index is 12.3. The zero-order valence-corrected chi connectivity index (χ0v) is 14.8. The summed E-state index contributed by atoms with van der Waals surface area (Å²) in [5, 5.41) is 12.7. The molecule has 7 heteroatoms. The fourth-order valence-corrected chi connectivity index (χ4v) is 3.77. The summed E-state index contributed by atoms with van der Waals surface area (Å²) < 4.78 is 1.51. The second-order valence-corrected chi connectivity index (χ2v) is 6.75. The van der Waals surface area contributed by atoms with E-state index in [0.717, 1.165) is 14.6 Å². The lowest BCUT2D eigenvalue weighted by molar-refractivity contribution is 0.102. The molecule has 3 aromatic rings. The molecule has 1 amide bonds. The summed E-state index contributed by atoms with van der Waals surface area (Å²) in [7, 11) is 0. The lowest BCUT2D eigenvalue weighted by Gasteiger charge is -2.07. The molecule has 3 rings (SSSR count). The van der Waals surface area contributed by atoms with Gasteiger partial charge in [-0.05, 0) is 69.4 Å². The topological polar surface area (TPSA) is 78.0 Å². The van der Waals surface area contributed by atoms with Gasteiger partial charge in [0.05, 0.1) is 20.2 Å². The summed E-state index contributed by atoms with van der Waals surface area (Å²) in [6.45, 7) is 0. The highest BCUT2D eigenvalue weighted by Crippen LogP contribution is 2.27. The molecule has 0 saturated carbocycles. The van der Waals surface area contributed by atoms with Crippen LogP contribution in [-0.4, -0.2) is 21.0 Å². The maximum Gasteiger partial charge on any atom is 0.261 e. The molecule has 0 saturated heterocycles. The van der Waals surface area contributed by atoms with Crippen molar-refractivity contribution in [1.29, 1.82) is 0 Å². The molecule has 0 radical (unpaired) electrons. The Bertz CT molecular complexity index is 812. The van der Waals surface area contributed by atoms with E-state index in [9.17, 15) is 9.90 Å². The van der Waals surface area contributed by atoms with E-state index >= 15 is 0 Å². The number of amides is 1. The summed E-state index contributed by atoms with van der Waals surface area (Å²) in [6, 6.07) is 10.9. The van der Waals surface area contributed by atoms with Crippen molar-refractivity contribution in [3.63, 3.8) is 0 Å². The number of anilines is 1. The molecule has 21 heavy (non-hydrogen) atoms. The van der Waals surface area contributed by atoms with Gasteiger partial charge in [-0.3, -0.25) is 10.1 Å². The number of hydrogen-bond acceptors (Lipinski definition) is 3. The van der Waals surface area contributed by atoms with Gasteiger partial charge in [-0.15, -0.1) is 0 Å². The van der Waals surface area contributed by atoms with Gasteiger partial charge in [0.25, 0.3) is 5.91 Å². The second kappa shape index (κ2) is 5.79. The first-order chi connectivity index (χ1) is 10.0. The van der Waals surface area contributed by atoms with Crippen molar-refractivity contribution in [1.82, 2.24) is 9.97 Å². The van der Waals surface area contributed by atoms with Crippen LogP contribution in [0.25, 0.3) is 11.0 Å². The molecule has 3 N–H and O–H groups in total. The van der Waals surface area contributed by atoms with Crippen LogP contribution in [0, 0.1) is 7.14 Å². The number of aromatic amines is 1. The van der Waals surface area contributed by atoms with Crippen LogP contribution >= 0.6 is 45.2 Å². The first kappa shape index (κ1) is 14.6. The van der Waals surface area contributed by atoms with Gasteiger partial charge in [0.15, 0.2) is 0 Å². The first-order valence-electron chi connectivity index (χ1n) is 5.98. The Labute approximate surface area is 147 Å². The lowest BCUT2D eigenvalue weighted by atomic mass is 10.2. The molecule has 106 valence electrons. The number of hydrogen-bond donors (Lipinski definition) is 3. The van der Waals surface area contributed by atoms with Gasteiger partial charge in [0.1, 0.15) is 5.75 Å². The SMILES string of the molecule is O=C(Nc1nc2ccccc2[nH]1)c1cc(I)cc(I)c1O. The number of carbonyl (C=O) groups excluding carboxylic acids is 1. The number of nitrogens with zero attached hydrogens (tertiary/aromatic N) is 1. The van der Waals surface area contributed by atoms with Crippen LogP contribution in [-0.2, 0) is 0 Å². The summed E-state index contributed by atoms with van der Waals surface area (Å²) in [4.78, 5) is 19.6. The van der Waals surface area contributed by atoms with E-state index in [2.05, 4.69) is 37.9 Å². The molecule has 1 aromatic heterocycles. The number of aromatic hydroxyl groups is 1. The second-order valence-electron chi connectivity index (χ2n) is 4.34. The third-order valence-corrected chi connectivity index (χ3v) is 4.34. The van der Waals surface area contributed by atoms with Crippen molar-refractivity contribution in [3.05, 3.63) is 49.1 Å². The van der Waals surface area contributed by atoms with Gasteiger partial charge >= 0.3 is 0 Å². The molecule has 0 aliphatic heterocycles. The molecule has 1 heterocycles. The van der Waals surface area contributed by atoms with Crippen LogP contribution in [0.15, 0.2) is 36.4 Å². The minimum atomic E-state index is -0.400. The molecule has 0 bridgehead atoms. The highest BCUT2D eigenvalue weighted by molar-refractivity contribution is 14.1. The number of H-pyrrole nitrogens is 1. The largest absolute Gasteiger partial charge is 0.506 e. The molecule has 0 fully saturated rings. The average Bonchev–Trinajstić information content (AvgIpc) is 2.84. The maximum absolute atomic E-state index is 12.3. The van der Waals surface area contributed by atoms with Crippen molar-refractivity contribution in [2.45, 2.75) is 0 Å². The van der Waals surface area contributed by atoms with E-state index in [0.29, 0.717) is 9.52 Å². The van der Waals surface area contributed by atoms with Gasteiger partial charge in [-0.1, -0.05) is 12.1 Å². The molecule has 0 aliphatic rings. The number of rotatable bonds is 2. The molecule has 2 aromatic carbocycles. The molecule has 0 spiro atoms. The van der Waals surface area contributed by atoms with Crippen LogP contribution in [0.2, 0.25) is 0 Å². The fourth-order valence-electron chi connectivity index (χ4n) is 1.93. The van der Waals surface area contributed by atoms with Gasteiger partial charge in [-0.2, -0.15) is 0 Å². The van der Waals surface area contributed by atoms with Crippen LogP contribution in [0.5, 0.6) is 5.75 Å². The van der Waals surface area contributed by atoms with E-state index in [1.165, 1.54) is 0 Å². The minimum Gasteiger partial charge on any atom is -0.506 e. The highest BCUT2D eigenvalue weighted by Gasteiger charge is 2.16. The van der Waals surface area contributed by atoms with Gasteiger partial charge in [0.2, 0.25) is 5.95 Å². The summed E-state index contributed by atoms with van der Waals surface area (Å²) in [5.41, 5.74) is 1.84. The average molecular weight is 505 g/mol. The summed E-state index contributed by atoms with van der Waals surface area (Å²) in [6.07, 6.45) is 0. The Hall–Kier alpha value is -1.36. The number of fused-ring (bicyclic) bond motifs is 1. The molecular formula is C14H9I2N3O2. The standard InChI is InChI=1S/C14H9I2N3O2/c15-7-5-8(12(20)9(16)6-7)13(21)19-14-17-10-3-1-2-4-11(10)18-14/h1-6,20H,(H2,17,18,19,21). The van der Waals surface area contributed by atoms with Crippen molar-refractivity contribution in [2.24, 2.45) is 0 Å². The Morgan fingerprint density at radius 1 is 1.24 bits per heavy atom. The Morgan fingerprint density at radius 2 is 2.00 bits per heavy atom. The lowest BCUT2D eigenvalue weighted by Crippen LogP contribution is -2.13. The molecule has 0 aliphatic carbocycles. The highest BCUT2D eigenvalue weighted by atomic mass is 127. The molecule has 0 atom stereocenters. The smallest absolute Gasteiger partial charge is 0.261 e. The van der Waals surface area contributed by atoms with Crippen molar-refractivity contribution >= 4 is 68.1 Å². The first-order valence-corrected chi connectivity index (χ1v) is 8.14. The van der Waals surface area contributed by atoms with Crippen molar-refractivity contribution in [3.8, 4) is 5.75 Å². The van der Waals surface area contributed by atoms with Gasteiger partial charge < -0.3 is 10.1 Å². The number of benzene rings is 2. The number of carbonyl (C=O) groups is 1. The van der Waals surface area contributed by atoms with Crippen molar-refractivity contribution < 1.29 is 9.90 Å². The van der Waals surface area contributed by atoms with Crippen LogP contribution in [0.3, 0.4) is 0 Å². The molecule has 0 unspecified atom stereocenters. The number of para-hydroxylation sites is 2. The predicted molar refractivity (Wildman–Crippen MR) is 97.6 cm³/mol. The Kier molecular flexibility index (Phi) is 4.02. The molecule has 5 nitrogen and oxygen atoms in total. The third kappa shape index (κ3) is 2.98. The number of halogens is 2. The Balaban J connectivity index is 1.93. The van der Waals surface area contributed by atoms with E-state index in [-0.39, 0.29) is 11.3 Å². The Morgan fingerprint density at radius 3 is 2.76 bits per heavy atom. The zero-order valence-electron chi connectivity index (χ0n) is 10.5. The minimum absolute atomic E-state index is 0.0235. The number of phenols is 1. The van der Waals surface area contributed by atoms with E-state index in [1.807, 2.05) is 46.9 Å². The number of imidazole rings is 1. The fraction of sp³-hybridized carbons (Fsp3) is 0. The summed E-state index contributed by atoms with van der Waals surface area (Å²) >= 11 is 4.10.